The van der Waals surface area contributed by atoms with Gasteiger partial charge in [0.2, 0.25) is 0 Å². The molecule has 0 amide bonds. The van der Waals surface area contributed by atoms with Crippen molar-refractivity contribution in [1.82, 2.24) is 15.3 Å². The second-order valence-electron chi connectivity index (χ2n) is 7.42. The molecule has 1 saturated heterocycles. The van der Waals surface area contributed by atoms with Gasteiger partial charge < -0.3 is 15.0 Å². The molecule has 1 atom stereocenters. The topological polar surface area (TPSA) is 73.7 Å². The average Bonchev–Trinajstić information content (AvgIpc) is 3.37. The number of aryl methyl sites for hydroxylation is 1. The Labute approximate surface area is 158 Å². The van der Waals surface area contributed by atoms with Crippen LogP contribution in [0.4, 0.5) is 0 Å². The number of aromatic nitrogens is 2. The van der Waals surface area contributed by atoms with Crippen molar-refractivity contribution in [2.75, 3.05) is 13.2 Å². The third-order valence-corrected chi connectivity index (χ3v) is 5.69. The van der Waals surface area contributed by atoms with Gasteiger partial charge in [0, 0.05) is 34.9 Å². The number of hydrogen-bond donors (Lipinski definition) is 2. The molecule has 5 rings (SSSR count). The highest BCUT2D eigenvalue weighted by Gasteiger charge is 2.25. The Bertz CT molecular complexity index is 1040. The van der Waals surface area contributed by atoms with Crippen LogP contribution >= 0.6 is 0 Å². The lowest BCUT2D eigenvalue weighted by Crippen LogP contribution is -2.17. The molecule has 136 valence electrons. The van der Waals surface area contributed by atoms with Crippen LogP contribution in [-0.4, -0.2) is 23.1 Å². The Balaban J connectivity index is 1.64. The van der Waals surface area contributed by atoms with Crippen molar-refractivity contribution >= 4 is 11.0 Å². The molecule has 3 aromatic rings. The van der Waals surface area contributed by atoms with Gasteiger partial charge in [0.1, 0.15) is 11.4 Å². The van der Waals surface area contributed by atoms with Gasteiger partial charge in [-0.1, -0.05) is 0 Å². The van der Waals surface area contributed by atoms with Gasteiger partial charge in [-0.15, -0.1) is 0 Å². The monoisotopic (exact) mass is 358 g/mol. The van der Waals surface area contributed by atoms with Gasteiger partial charge in [-0.25, -0.2) is 4.98 Å². The fraction of sp³-hybridized carbons (Fsp3) is 0.364. The quantitative estimate of drug-likeness (QED) is 0.741. The second-order valence-corrected chi connectivity index (χ2v) is 7.42. The van der Waals surface area contributed by atoms with E-state index in [0.717, 1.165) is 60.3 Å². The molecule has 2 aromatic heterocycles. The highest BCUT2D eigenvalue weighted by Crippen LogP contribution is 2.40. The summed E-state index contributed by atoms with van der Waals surface area (Å²) in [6, 6.07) is 9.29. The number of pyridine rings is 1. The van der Waals surface area contributed by atoms with Crippen LogP contribution in [0.15, 0.2) is 30.6 Å². The average molecular weight is 358 g/mol. The van der Waals surface area contributed by atoms with Gasteiger partial charge >= 0.3 is 0 Å². The smallest absolute Gasteiger partial charge is 0.137 e. The first-order chi connectivity index (χ1) is 13.3. The molecule has 1 unspecified atom stereocenters. The van der Waals surface area contributed by atoms with Crippen molar-refractivity contribution in [2.24, 2.45) is 0 Å². The number of H-pyrrole nitrogens is 1. The minimum atomic E-state index is 0.370. The van der Waals surface area contributed by atoms with Crippen LogP contribution in [0.25, 0.3) is 22.2 Å². The third-order valence-electron chi connectivity index (χ3n) is 5.69. The summed E-state index contributed by atoms with van der Waals surface area (Å²) in [7, 11) is 0. The normalized spacial score (nSPS) is 18.9. The minimum Gasteiger partial charge on any atom is -0.493 e. The molecule has 1 fully saturated rings. The molecule has 0 spiro atoms. The van der Waals surface area contributed by atoms with Crippen LogP contribution in [0.2, 0.25) is 0 Å². The molecule has 4 heterocycles. The maximum atomic E-state index is 9.07. The lowest BCUT2D eigenvalue weighted by atomic mass is 9.92. The highest BCUT2D eigenvalue weighted by molar-refractivity contribution is 5.85. The molecule has 0 bridgehead atoms. The van der Waals surface area contributed by atoms with E-state index in [0.29, 0.717) is 12.5 Å². The number of hydrogen-bond acceptors (Lipinski definition) is 4. The number of ether oxygens (including phenoxy) is 1. The number of aromatic amines is 1. The van der Waals surface area contributed by atoms with E-state index in [4.69, 9.17) is 10.00 Å². The predicted molar refractivity (Wildman–Crippen MR) is 105 cm³/mol. The maximum absolute atomic E-state index is 9.07. The lowest BCUT2D eigenvalue weighted by Gasteiger charge is -2.24. The molecular weight excluding hydrogens is 336 g/mol. The van der Waals surface area contributed by atoms with Crippen molar-refractivity contribution in [1.29, 1.82) is 5.26 Å². The molecule has 2 aliphatic rings. The van der Waals surface area contributed by atoms with E-state index < -0.39 is 0 Å². The number of rotatable bonds is 3. The maximum Gasteiger partial charge on any atom is 0.137 e. The zero-order chi connectivity index (χ0) is 18.2. The molecule has 0 aliphatic carbocycles. The van der Waals surface area contributed by atoms with Crippen LogP contribution in [0.5, 0.6) is 5.75 Å². The molecule has 2 aliphatic heterocycles. The zero-order valence-corrected chi connectivity index (χ0v) is 15.2. The summed E-state index contributed by atoms with van der Waals surface area (Å²) < 4.78 is 6.07. The molecule has 0 saturated carbocycles. The second kappa shape index (κ2) is 6.71. The van der Waals surface area contributed by atoms with Gasteiger partial charge in [0.15, 0.2) is 0 Å². The summed E-state index contributed by atoms with van der Waals surface area (Å²) in [4.78, 5) is 7.75. The van der Waals surface area contributed by atoms with E-state index in [-0.39, 0.29) is 0 Å². The van der Waals surface area contributed by atoms with Gasteiger partial charge in [-0.05, 0) is 67.1 Å². The van der Waals surface area contributed by atoms with Crippen molar-refractivity contribution in [3.63, 3.8) is 0 Å². The molecule has 5 nitrogen and oxygen atoms in total. The lowest BCUT2D eigenvalue weighted by molar-refractivity contribution is 0.282. The highest BCUT2D eigenvalue weighted by atomic mass is 16.5. The number of nitriles is 1. The Hall–Kier alpha value is -2.84. The summed E-state index contributed by atoms with van der Waals surface area (Å²) in [5, 5.41) is 13.7. The summed E-state index contributed by atoms with van der Waals surface area (Å²) in [5.41, 5.74) is 6.69. The predicted octanol–water partition coefficient (Wildman–Crippen LogP) is 4.05. The minimum absolute atomic E-state index is 0.370. The largest absolute Gasteiger partial charge is 0.493 e. The van der Waals surface area contributed by atoms with E-state index >= 15 is 0 Å². The molecule has 0 radical (unpaired) electrons. The fourth-order valence-corrected chi connectivity index (χ4v) is 4.33. The number of fused-ring (bicyclic) bond motifs is 2. The summed E-state index contributed by atoms with van der Waals surface area (Å²) >= 11 is 0. The molecule has 27 heavy (non-hydrogen) atoms. The summed E-state index contributed by atoms with van der Waals surface area (Å²) in [6.45, 7) is 1.87. The van der Waals surface area contributed by atoms with E-state index in [2.05, 4.69) is 39.6 Å². The Morgan fingerprint density at radius 2 is 2.19 bits per heavy atom. The van der Waals surface area contributed by atoms with Crippen molar-refractivity contribution in [3.8, 4) is 22.9 Å². The molecule has 5 heteroatoms. The van der Waals surface area contributed by atoms with Crippen LogP contribution in [0.1, 0.15) is 42.0 Å². The van der Waals surface area contributed by atoms with Gasteiger partial charge in [0.05, 0.1) is 19.1 Å². The van der Waals surface area contributed by atoms with Gasteiger partial charge in [-0.2, -0.15) is 5.26 Å². The van der Waals surface area contributed by atoms with E-state index in [1.165, 1.54) is 23.1 Å². The first-order valence-electron chi connectivity index (χ1n) is 9.70. The van der Waals surface area contributed by atoms with E-state index in [9.17, 15) is 0 Å². The van der Waals surface area contributed by atoms with Crippen LogP contribution in [0, 0.1) is 11.3 Å². The summed E-state index contributed by atoms with van der Waals surface area (Å²) in [6.07, 6.45) is 8.68. The third kappa shape index (κ3) is 2.87. The standard InChI is InChI=1S/C22H22N4O/c23-6-5-15-12-25-22-18(15)11-17(13-26-22)16-9-14-3-2-8-27-21(14)19(10-16)20-4-1-7-24-20/h9-13,20,24H,1-5,7-8H2,(H,25,26). The van der Waals surface area contributed by atoms with E-state index in [1.54, 1.807) is 0 Å². The first-order valence-corrected chi connectivity index (χ1v) is 9.70. The fourth-order valence-electron chi connectivity index (χ4n) is 4.33. The number of benzene rings is 1. The van der Waals surface area contributed by atoms with Crippen LogP contribution in [-0.2, 0) is 12.8 Å². The number of nitrogens with one attached hydrogen (secondary N) is 2. The SMILES string of the molecule is N#CCc1c[nH]c2ncc(-c3cc4c(c(C5CCCN5)c3)OCCC4)cc12. The zero-order valence-electron chi connectivity index (χ0n) is 15.2. The van der Waals surface area contributed by atoms with Crippen molar-refractivity contribution in [3.05, 3.63) is 47.3 Å². The van der Waals surface area contributed by atoms with Crippen LogP contribution < -0.4 is 10.1 Å². The summed E-state index contributed by atoms with van der Waals surface area (Å²) in [5.74, 6) is 1.09. The Morgan fingerprint density at radius 3 is 3.04 bits per heavy atom. The van der Waals surface area contributed by atoms with Gasteiger partial charge in [-0.3, -0.25) is 0 Å². The first kappa shape index (κ1) is 16.3. The Morgan fingerprint density at radius 1 is 1.22 bits per heavy atom. The van der Waals surface area contributed by atoms with Crippen LogP contribution in [0.3, 0.4) is 0 Å². The number of nitrogens with zero attached hydrogens (tertiary/aromatic N) is 2. The van der Waals surface area contributed by atoms with E-state index in [1.807, 2.05) is 12.4 Å². The molecule has 2 N–H and O–H groups in total. The van der Waals surface area contributed by atoms with Gasteiger partial charge in [0.25, 0.3) is 0 Å². The van der Waals surface area contributed by atoms with Crippen molar-refractivity contribution < 1.29 is 4.74 Å². The molecule has 1 aromatic carbocycles. The molecular formula is C22H22N4O. The van der Waals surface area contributed by atoms with Crippen molar-refractivity contribution in [2.45, 2.75) is 38.1 Å². The Kier molecular flexibility index (Phi) is 4.06.